The number of rotatable bonds is 10. The molecule has 2 aromatic rings. The zero-order chi connectivity index (χ0) is 30.0. The maximum atomic E-state index is 16.1. The Labute approximate surface area is 211 Å². The van der Waals surface area contributed by atoms with Crippen molar-refractivity contribution in [2.24, 2.45) is 0 Å². The van der Waals surface area contributed by atoms with E-state index in [1.165, 1.54) is 19.1 Å². The first-order chi connectivity index (χ1) is 18.5. The van der Waals surface area contributed by atoms with Gasteiger partial charge >= 0.3 is 19.4 Å². The third-order valence-electron chi connectivity index (χ3n) is 4.92. The summed E-state index contributed by atoms with van der Waals surface area (Å²) in [6.07, 6.45) is -6.61. The fourth-order valence-corrected chi connectivity index (χ4v) is 4.72. The molecule has 0 spiro atoms. The molecule has 0 radical (unpaired) electrons. The van der Waals surface area contributed by atoms with Crippen LogP contribution in [0.2, 0.25) is 0 Å². The van der Waals surface area contributed by atoms with Crippen molar-refractivity contribution >= 4 is 13.7 Å². The topological polar surface area (TPSA) is 158 Å². The van der Waals surface area contributed by atoms with E-state index in [1.54, 1.807) is 37.0 Å². The number of halogens is 1. The third-order valence-corrected chi connectivity index (χ3v) is 6.57. The second kappa shape index (κ2) is 11.1. The molecule has 1 aliphatic heterocycles. The smallest absolute Gasteiger partial charge is 0.459 e. The van der Waals surface area contributed by atoms with E-state index in [2.05, 4.69) is 5.09 Å². The summed E-state index contributed by atoms with van der Waals surface area (Å²) < 4.78 is 82.1. The van der Waals surface area contributed by atoms with E-state index >= 15 is 4.39 Å². The third kappa shape index (κ3) is 6.48. The molecule has 0 aliphatic carbocycles. The van der Waals surface area contributed by atoms with Gasteiger partial charge in [-0.3, -0.25) is 23.7 Å². The molecule has 36 heavy (non-hydrogen) atoms. The summed E-state index contributed by atoms with van der Waals surface area (Å²) in [5.74, 6) is -0.764. The molecular weight excluding hydrogens is 500 g/mol. The Morgan fingerprint density at radius 2 is 2.08 bits per heavy atom. The number of benzene rings is 1. The summed E-state index contributed by atoms with van der Waals surface area (Å²) in [6, 6.07) is 5.56. The Bertz CT molecular complexity index is 1370. The van der Waals surface area contributed by atoms with E-state index in [4.69, 9.17) is 24.0 Å². The van der Waals surface area contributed by atoms with Crippen molar-refractivity contribution in [2.75, 3.05) is 6.61 Å². The fraction of sp³-hybridized carbons (Fsp3) is 0.500. The lowest BCUT2D eigenvalue weighted by Gasteiger charge is -2.25. The van der Waals surface area contributed by atoms with Crippen LogP contribution in [0.5, 0.6) is 5.75 Å². The number of hydrogen-bond acceptors (Lipinski definition) is 9. The lowest BCUT2D eigenvalue weighted by Crippen LogP contribution is -2.43. The normalized spacial score (nSPS) is 28.3. The van der Waals surface area contributed by atoms with Crippen LogP contribution in [0, 0.1) is 0 Å². The first kappa shape index (κ1) is 22.4. The minimum atomic E-state index is -4.52. The van der Waals surface area contributed by atoms with Crippen molar-refractivity contribution in [3.63, 3.8) is 0 Å². The Hall–Kier alpha value is -2.83. The predicted molar refractivity (Wildman–Crippen MR) is 125 cm³/mol. The molecule has 0 amide bonds. The van der Waals surface area contributed by atoms with Crippen molar-refractivity contribution in [1.29, 1.82) is 0 Å². The molecule has 3 rings (SSSR count). The van der Waals surface area contributed by atoms with E-state index in [1.807, 2.05) is 0 Å². The van der Waals surface area contributed by atoms with Gasteiger partial charge in [0, 0.05) is 16.4 Å². The second-order valence-electron chi connectivity index (χ2n) is 8.21. The van der Waals surface area contributed by atoms with Crippen molar-refractivity contribution in [3.05, 3.63) is 63.4 Å². The van der Waals surface area contributed by atoms with Crippen LogP contribution >= 0.6 is 7.75 Å². The van der Waals surface area contributed by atoms with Gasteiger partial charge in [0.15, 0.2) is 11.9 Å². The van der Waals surface area contributed by atoms with Gasteiger partial charge in [-0.15, -0.1) is 0 Å². The van der Waals surface area contributed by atoms with Crippen LogP contribution in [0.4, 0.5) is 4.39 Å². The van der Waals surface area contributed by atoms with Crippen LogP contribution in [0.15, 0.2) is 52.2 Å². The monoisotopic (exact) mass is 533 g/mol. The number of nitrogens with zero attached hydrogens (tertiary/aromatic N) is 1. The summed E-state index contributed by atoms with van der Waals surface area (Å²) >= 11 is 0. The first-order valence-corrected chi connectivity index (χ1v) is 12.3. The highest BCUT2D eigenvalue weighted by Gasteiger charge is 2.55. The fourth-order valence-electron chi connectivity index (χ4n) is 3.22. The highest BCUT2D eigenvalue weighted by Crippen LogP contribution is 2.47. The number of nitrogens with one attached hydrogen (secondary N) is 2. The first-order valence-electron chi connectivity index (χ1n) is 12.8. The molecule has 1 aliphatic rings. The van der Waals surface area contributed by atoms with Crippen molar-refractivity contribution < 1.29 is 42.9 Å². The number of H-pyrrole nitrogens is 1. The van der Waals surface area contributed by atoms with Crippen LogP contribution in [0.25, 0.3) is 0 Å². The van der Waals surface area contributed by atoms with E-state index < -0.39 is 80.7 Å². The van der Waals surface area contributed by atoms with Gasteiger partial charge < -0.3 is 19.1 Å². The second-order valence-corrected chi connectivity index (χ2v) is 9.91. The largest absolute Gasteiger partial charge is 0.462 e. The van der Waals surface area contributed by atoms with E-state index in [0.717, 1.165) is 0 Å². The van der Waals surface area contributed by atoms with E-state index in [9.17, 15) is 24.1 Å². The average molecular weight is 533 g/mol. The number of ether oxygens (including phenoxy) is 2. The van der Waals surface area contributed by atoms with Gasteiger partial charge in [0.05, 0.1) is 14.1 Å². The summed E-state index contributed by atoms with van der Waals surface area (Å²) in [5, 5.41) is 13.1. The van der Waals surface area contributed by atoms with Gasteiger partial charge in [0.25, 0.3) is 5.56 Å². The molecule has 1 saturated heterocycles. The van der Waals surface area contributed by atoms with Crippen LogP contribution in [-0.2, 0) is 23.4 Å². The number of carbonyl (C=O) groups excluding carboxylic acids is 1. The summed E-state index contributed by atoms with van der Waals surface area (Å²) in [4.78, 5) is 38.0. The van der Waals surface area contributed by atoms with Crippen LogP contribution < -0.4 is 20.9 Å². The number of carbonyl (C=O) groups is 1. The molecule has 3 N–H and O–H groups in total. The number of alkyl halides is 1. The Kier molecular flexibility index (Phi) is 6.87. The number of para-hydroxylation sites is 1. The number of aromatic amines is 1. The molecule has 1 aromatic carbocycles. The number of aliphatic hydroxyl groups is 1. The molecule has 0 unspecified atom stereocenters. The Morgan fingerprint density at radius 3 is 2.72 bits per heavy atom. The molecule has 6 atom stereocenters. The molecule has 0 saturated carbocycles. The average Bonchev–Trinajstić information content (AvgIpc) is 3.11. The Balaban J connectivity index is 1.92. The minimum absolute atomic E-state index is 0.0404. The van der Waals surface area contributed by atoms with Gasteiger partial charge in [-0.1, -0.05) is 18.2 Å². The molecule has 198 valence electrons. The molecular formula is C22H29FN3O9P. The predicted octanol–water partition coefficient (Wildman–Crippen LogP) is 1.66. The molecule has 1 fully saturated rings. The minimum Gasteiger partial charge on any atom is -0.462 e. The standard InChI is InChI=1S/C22H29FN3O9P/c1-13(2)33-19(29)14(3)25-36(31,35-15-8-6-5-7-9-15)32-12-16-18(28)22(4,23)20(34-16)26-11-10-17(27)24-21(26)30/h5-11,13-14,16,18,20,28H,12H2,1-4H3,(H,25,31)(H,24,27,30)/t14-,16+,18+,20+,22+,36-/m0/s1/i4D3,10D. The van der Waals surface area contributed by atoms with Crippen LogP contribution in [0.3, 0.4) is 0 Å². The van der Waals surface area contributed by atoms with Gasteiger partial charge in [-0.2, -0.15) is 5.09 Å². The van der Waals surface area contributed by atoms with Crippen LogP contribution in [-0.4, -0.2) is 57.3 Å². The molecule has 1 aromatic heterocycles. The number of hydrogen-bond donors (Lipinski definition) is 3. The van der Waals surface area contributed by atoms with Crippen molar-refractivity contribution in [3.8, 4) is 5.75 Å². The number of aliphatic hydroxyl groups excluding tert-OH is 1. The van der Waals surface area contributed by atoms with Gasteiger partial charge in [0.1, 0.15) is 24.0 Å². The van der Waals surface area contributed by atoms with Crippen molar-refractivity contribution in [1.82, 2.24) is 14.6 Å². The van der Waals surface area contributed by atoms with Crippen LogP contribution in [0.1, 0.15) is 39.3 Å². The highest BCUT2D eigenvalue weighted by molar-refractivity contribution is 7.52. The zero-order valence-corrected chi connectivity index (χ0v) is 20.4. The summed E-state index contributed by atoms with van der Waals surface area (Å²) in [5.41, 5.74) is -6.06. The summed E-state index contributed by atoms with van der Waals surface area (Å²) in [7, 11) is -4.52. The van der Waals surface area contributed by atoms with Gasteiger partial charge in [-0.05, 0) is 39.8 Å². The highest BCUT2D eigenvalue weighted by atomic mass is 31.2. The maximum absolute atomic E-state index is 16.1. The lowest BCUT2D eigenvalue weighted by atomic mass is 9.98. The van der Waals surface area contributed by atoms with E-state index in [-0.39, 0.29) is 5.75 Å². The maximum Gasteiger partial charge on any atom is 0.459 e. The quantitative estimate of drug-likeness (QED) is 0.303. The zero-order valence-electron chi connectivity index (χ0n) is 23.5. The SMILES string of the molecule is [2H]c1cn([C@@H]2O[C@H](CO[P@@](=O)(N[C@@H](C)C(=O)OC(C)C)Oc3ccccc3)[C@@H](O)[C@]2(F)C([2H])([2H])[2H])c(=O)[nH]c1=O. The number of aromatic nitrogens is 2. The van der Waals surface area contributed by atoms with Crippen molar-refractivity contribution in [2.45, 2.75) is 63.9 Å². The van der Waals surface area contributed by atoms with E-state index in [0.29, 0.717) is 10.8 Å². The number of esters is 1. The molecule has 0 bridgehead atoms. The molecule has 2 heterocycles. The van der Waals surface area contributed by atoms with Gasteiger partial charge in [0.2, 0.25) is 0 Å². The summed E-state index contributed by atoms with van der Waals surface area (Å²) in [6.45, 7) is -0.0202. The molecule has 12 nitrogen and oxygen atoms in total. The molecule has 14 heteroatoms. The Morgan fingerprint density at radius 1 is 1.39 bits per heavy atom. The van der Waals surface area contributed by atoms with Gasteiger partial charge in [-0.25, -0.2) is 13.8 Å². The lowest BCUT2D eigenvalue weighted by molar-refractivity contribution is -0.149.